The zero-order valence-electron chi connectivity index (χ0n) is 13.2. The Labute approximate surface area is 131 Å². The van der Waals surface area contributed by atoms with Crippen LogP contribution in [0.1, 0.15) is 31.9 Å². The third kappa shape index (κ3) is 4.22. The van der Waals surface area contributed by atoms with Gasteiger partial charge in [-0.05, 0) is 35.3 Å². The summed E-state index contributed by atoms with van der Waals surface area (Å²) in [5.41, 5.74) is 7.08. The van der Waals surface area contributed by atoms with E-state index in [0.717, 1.165) is 22.6 Å². The van der Waals surface area contributed by atoms with E-state index >= 15 is 0 Å². The fraction of sp³-hybridized carbons (Fsp3) is 0.211. The van der Waals surface area contributed by atoms with Gasteiger partial charge in [-0.15, -0.1) is 0 Å². The van der Waals surface area contributed by atoms with Gasteiger partial charge in [-0.1, -0.05) is 51.1 Å². The Kier molecular flexibility index (Phi) is 4.66. The van der Waals surface area contributed by atoms with Gasteiger partial charge in [0.2, 0.25) is 5.91 Å². The summed E-state index contributed by atoms with van der Waals surface area (Å²) in [7, 11) is 0. The van der Waals surface area contributed by atoms with Gasteiger partial charge in [0.05, 0.1) is 0 Å². The molecule has 22 heavy (non-hydrogen) atoms. The Bertz CT molecular complexity index is 682. The van der Waals surface area contributed by atoms with Crippen LogP contribution in [-0.2, 0) is 10.2 Å². The zero-order valence-corrected chi connectivity index (χ0v) is 13.2. The maximum Gasteiger partial charge on any atom is 0.241 e. The van der Waals surface area contributed by atoms with Crippen molar-refractivity contribution in [1.29, 1.82) is 0 Å². The highest BCUT2D eigenvalue weighted by Gasteiger charge is 2.19. The monoisotopic (exact) mass is 295 g/mol. The molecule has 0 aliphatic rings. The Hall–Kier alpha value is -2.55. The fourth-order valence-electron chi connectivity index (χ4n) is 2.14. The Morgan fingerprint density at radius 3 is 2.36 bits per heavy atom. The van der Waals surface area contributed by atoms with Crippen molar-refractivity contribution in [2.24, 2.45) is 5.73 Å². The summed E-state index contributed by atoms with van der Waals surface area (Å²) >= 11 is 0. The number of benzene rings is 2. The lowest BCUT2D eigenvalue weighted by atomic mass is 9.85. The molecule has 0 atom stereocenters. The average molecular weight is 295 g/mol. The average Bonchev–Trinajstić information content (AvgIpc) is 2.45. The van der Waals surface area contributed by atoms with Crippen LogP contribution in [0.25, 0.3) is 6.08 Å². The Morgan fingerprint density at radius 1 is 1.09 bits per heavy atom. The lowest BCUT2D eigenvalue weighted by Crippen LogP contribution is -2.12. The van der Waals surface area contributed by atoms with Gasteiger partial charge < -0.3 is 10.5 Å². The maximum atomic E-state index is 10.9. The summed E-state index contributed by atoms with van der Waals surface area (Å²) < 4.78 is 6.03. The van der Waals surface area contributed by atoms with E-state index in [0.29, 0.717) is 0 Å². The second-order valence-corrected chi connectivity index (χ2v) is 6.16. The topological polar surface area (TPSA) is 52.3 Å². The summed E-state index contributed by atoms with van der Waals surface area (Å²) in [4.78, 5) is 10.9. The number of hydrogen-bond donors (Lipinski definition) is 1. The predicted octanol–water partition coefficient (Wildman–Crippen LogP) is 4.27. The molecule has 0 aromatic heterocycles. The van der Waals surface area contributed by atoms with Gasteiger partial charge in [-0.2, -0.15) is 0 Å². The van der Waals surface area contributed by atoms with E-state index in [-0.39, 0.29) is 5.41 Å². The minimum absolute atomic E-state index is 0.0456. The van der Waals surface area contributed by atoms with E-state index in [1.165, 1.54) is 6.08 Å². The molecule has 2 rings (SSSR count). The summed E-state index contributed by atoms with van der Waals surface area (Å²) in [5, 5.41) is 0. The molecule has 0 unspecified atom stereocenters. The first-order chi connectivity index (χ1) is 10.4. The lowest BCUT2D eigenvalue weighted by molar-refractivity contribution is -0.113. The normalized spacial score (nSPS) is 11.6. The Balaban J connectivity index is 2.42. The van der Waals surface area contributed by atoms with E-state index in [2.05, 4.69) is 20.8 Å². The first-order valence-corrected chi connectivity index (χ1v) is 7.21. The number of hydrogen-bond acceptors (Lipinski definition) is 2. The van der Waals surface area contributed by atoms with Crippen molar-refractivity contribution in [2.45, 2.75) is 26.2 Å². The first kappa shape index (κ1) is 15.8. The van der Waals surface area contributed by atoms with Gasteiger partial charge in [0.15, 0.2) is 0 Å². The number of carbonyl (C=O) groups excluding carboxylic acids is 1. The third-order valence-corrected chi connectivity index (χ3v) is 3.22. The fourth-order valence-corrected chi connectivity index (χ4v) is 2.14. The molecular weight excluding hydrogens is 274 g/mol. The van der Waals surface area contributed by atoms with E-state index in [1.54, 1.807) is 6.08 Å². The first-order valence-electron chi connectivity index (χ1n) is 7.21. The van der Waals surface area contributed by atoms with E-state index in [4.69, 9.17) is 10.5 Å². The Morgan fingerprint density at radius 2 is 1.77 bits per heavy atom. The number of primary amides is 1. The van der Waals surface area contributed by atoms with Gasteiger partial charge in [0.25, 0.3) is 0 Å². The summed E-state index contributed by atoms with van der Waals surface area (Å²) in [6.07, 6.45) is 3.03. The van der Waals surface area contributed by atoms with Gasteiger partial charge in [-0.3, -0.25) is 4.79 Å². The van der Waals surface area contributed by atoms with E-state index in [1.807, 2.05) is 48.5 Å². The minimum Gasteiger partial charge on any atom is -0.457 e. The zero-order chi connectivity index (χ0) is 16.2. The van der Waals surface area contributed by atoms with Crippen LogP contribution in [-0.4, -0.2) is 5.91 Å². The van der Waals surface area contributed by atoms with Crippen molar-refractivity contribution in [3.8, 4) is 11.5 Å². The summed E-state index contributed by atoms with van der Waals surface area (Å²) in [6, 6.07) is 15.6. The van der Waals surface area contributed by atoms with Crippen molar-refractivity contribution in [3.05, 3.63) is 65.7 Å². The predicted molar refractivity (Wildman–Crippen MR) is 89.9 cm³/mol. The molecule has 0 radical (unpaired) electrons. The molecule has 0 bridgehead atoms. The van der Waals surface area contributed by atoms with Gasteiger partial charge in [0.1, 0.15) is 11.5 Å². The van der Waals surface area contributed by atoms with Crippen LogP contribution in [0.2, 0.25) is 0 Å². The number of ether oxygens (including phenoxy) is 1. The molecule has 0 aliphatic carbocycles. The van der Waals surface area contributed by atoms with Gasteiger partial charge >= 0.3 is 0 Å². The van der Waals surface area contributed by atoms with Crippen molar-refractivity contribution in [3.63, 3.8) is 0 Å². The molecule has 0 aliphatic heterocycles. The van der Waals surface area contributed by atoms with Crippen molar-refractivity contribution < 1.29 is 9.53 Å². The van der Waals surface area contributed by atoms with Crippen LogP contribution >= 0.6 is 0 Å². The molecule has 1 amide bonds. The van der Waals surface area contributed by atoms with Gasteiger partial charge in [0, 0.05) is 11.6 Å². The second kappa shape index (κ2) is 6.48. The quantitative estimate of drug-likeness (QED) is 0.856. The molecule has 3 heteroatoms. The maximum absolute atomic E-state index is 10.9. The SMILES string of the molecule is CC(C)(C)c1ccc(/C=C/C(N)=O)cc1Oc1ccccc1. The van der Waals surface area contributed by atoms with Crippen LogP contribution in [0.5, 0.6) is 11.5 Å². The van der Waals surface area contributed by atoms with Crippen LogP contribution in [0.3, 0.4) is 0 Å². The molecule has 2 aromatic rings. The third-order valence-electron chi connectivity index (χ3n) is 3.22. The molecule has 114 valence electrons. The van der Waals surface area contributed by atoms with Crippen LogP contribution < -0.4 is 10.5 Å². The smallest absolute Gasteiger partial charge is 0.241 e. The molecule has 0 fully saturated rings. The molecule has 2 aromatic carbocycles. The standard InChI is InChI=1S/C19H21NO2/c1-19(2,3)16-11-9-14(10-12-18(20)21)13-17(16)22-15-7-5-4-6-8-15/h4-13H,1-3H3,(H2,20,21)/b12-10+. The van der Waals surface area contributed by atoms with E-state index < -0.39 is 5.91 Å². The highest BCUT2D eigenvalue weighted by atomic mass is 16.5. The van der Waals surface area contributed by atoms with Crippen LogP contribution in [0.15, 0.2) is 54.6 Å². The molecule has 3 nitrogen and oxygen atoms in total. The molecule has 0 heterocycles. The molecule has 0 saturated heterocycles. The molecule has 0 spiro atoms. The second-order valence-electron chi connectivity index (χ2n) is 6.16. The number of nitrogens with two attached hydrogens (primary N) is 1. The number of carbonyl (C=O) groups is 1. The van der Waals surface area contributed by atoms with Gasteiger partial charge in [-0.25, -0.2) is 0 Å². The molecular formula is C19H21NO2. The van der Waals surface area contributed by atoms with Crippen LogP contribution in [0.4, 0.5) is 0 Å². The van der Waals surface area contributed by atoms with Crippen molar-refractivity contribution >= 4 is 12.0 Å². The minimum atomic E-state index is -0.467. The lowest BCUT2D eigenvalue weighted by Gasteiger charge is -2.23. The van der Waals surface area contributed by atoms with E-state index in [9.17, 15) is 4.79 Å². The number of amides is 1. The highest BCUT2D eigenvalue weighted by molar-refractivity contribution is 5.90. The number of para-hydroxylation sites is 1. The largest absolute Gasteiger partial charge is 0.457 e. The molecule has 2 N–H and O–H groups in total. The van der Waals surface area contributed by atoms with Crippen molar-refractivity contribution in [2.75, 3.05) is 0 Å². The number of rotatable bonds is 4. The van der Waals surface area contributed by atoms with Crippen LogP contribution in [0, 0.1) is 0 Å². The molecule has 0 saturated carbocycles. The summed E-state index contributed by atoms with van der Waals surface area (Å²) in [5.74, 6) is 1.10. The highest BCUT2D eigenvalue weighted by Crippen LogP contribution is 2.35. The van der Waals surface area contributed by atoms with Crippen molar-refractivity contribution in [1.82, 2.24) is 0 Å². The summed E-state index contributed by atoms with van der Waals surface area (Å²) in [6.45, 7) is 6.41.